The molecule has 2 N–H and O–H groups in total. The van der Waals surface area contributed by atoms with Crippen LogP contribution >= 0.6 is 0 Å². The molecule has 3 amide bonds. The van der Waals surface area contributed by atoms with Gasteiger partial charge in [-0.25, -0.2) is 9.59 Å². The molecule has 1 atom stereocenters. The predicted octanol–water partition coefficient (Wildman–Crippen LogP) is 2.41. The Bertz CT molecular complexity index is 685. The number of nitrogens with one attached hydrogen (secondary N) is 2. The van der Waals surface area contributed by atoms with Crippen molar-refractivity contribution in [2.24, 2.45) is 0 Å². The summed E-state index contributed by atoms with van der Waals surface area (Å²) >= 11 is 0. The standard InChI is InChI=1S/C19H26N2O6/c1-4-26-16-11-13(9-10-15(16)25-3)18(23)27-12(2)17(22)21-19(24)20-14-7-5-6-8-14/h9-12,14H,4-8H2,1-3H3,(H2,20,21,22,24)/t12-/m0/s1. The van der Waals surface area contributed by atoms with Gasteiger partial charge in [0.25, 0.3) is 5.91 Å². The van der Waals surface area contributed by atoms with Gasteiger partial charge in [-0.15, -0.1) is 0 Å². The maximum Gasteiger partial charge on any atom is 0.339 e. The fraction of sp³-hybridized carbons (Fsp3) is 0.526. The molecule has 2 rings (SSSR count). The Labute approximate surface area is 158 Å². The number of benzene rings is 1. The van der Waals surface area contributed by atoms with Gasteiger partial charge in [0.1, 0.15) is 0 Å². The van der Waals surface area contributed by atoms with Crippen LogP contribution in [0.15, 0.2) is 18.2 Å². The summed E-state index contributed by atoms with van der Waals surface area (Å²) < 4.78 is 15.7. The van der Waals surface area contributed by atoms with Gasteiger partial charge in [0.05, 0.1) is 19.3 Å². The second-order valence-electron chi connectivity index (χ2n) is 6.29. The number of methoxy groups -OCH3 is 1. The molecule has 1 aromatic rings. The number of hydrogen-bond donors (Lipinski definition) is 2. The molecule has 8 heteroatoms. The zero-order valence-corrected chi connectivity index (χ0v) is 15.9. The summed E-state index contributed by atoms with van der Waals surface area (Å²) in [6.45, 7) is 3.63. The Morgan fingerprint density at radius 3 is 2.52 bits per heavy atom. The van der Waals surface area contributed by atoms with Gasteiger partial charge in [-0.05, 0) is 44.9 Å². The molecule has 0 spiro atoms. The highest BCUT2D eigenvalue weighted by Crippen LogP contribution is 2.28. The number of carbonyl (C=O) groups is 3. The molecule has 27 heavy (non-hydrogen) atoms. The van der Waals surface area contributed by atoms with Gasteiger partial charge in [0.15, 0.2) is 17.6 Å². The highest BCUT2D eigenvalue weighted by atomic mass is 16.5. The number of urea groups is 1. The first-order valence-corrected chi connectivity index (χ1v) is 9.07. The first-order chi connectivity index (χ1) is 12.9. The minimum absolute atomic E-state index is 0.0898. The van der Waals surface area contributed by atoms with E-state index >= 15 is 0 Å². The van der Waals surface area contributed by atoms with E-state index in [4.69, 9.17) is 14.2 Å². The lowest BCUT2D eigenvalue weighted by atomic mass is 10.2. The SMILES string of the molecule is CCOc1cc(C(=O)O[C@@H](C)C(=O)NC(=O)NC2CCCC2)ccc1OC. The molecule has 1 aromatic carbocycles. The van der Waals surface area contributed by atoms with E-state index in [1.54, 1.807) is 6.07 Å². The molecule has 1 fully saturated rings. The lowest BCUT2D eigenvalue weighted by molar-refractivity contribution is -0.127. The lowest BCUT2D eigenvalue weighted by Gasteiger charge is -2.16. The lowest BCUT2D eigenvalue weighted by Crippen LogP contribution is -2.47. The highest BCUT2D eigenvalue weighted by Gasteiger charge is 2.23. The molecule has 1 aliphatic carbocycles. The summed E-state index contributed by atoms with van der Waals surface area (Å²) in [5.41, 5.74) is 0.217. The van der Waals surface area contributed by atoms with E-state index in [9.17, 15) is 14.4 Å². The Kier molecular flexibility index (Phi) is 7.45. The van der Waals surface area contributed by atoms with Crippen LogP contribution in [0.5, 0.6) is 11.5 Å². The van der Waals surface area contributed by atoms with Crippen molar-refractivity contribution in [1.82, 2.24) is 10.6 Å². The van der Waals surface area contributed by atoms with Crippen molar-refractivity contribution in [3.05, 3.63) is 23.8 Å². The molecule has 0 aliphatic heterocycles. The second kappa shape index (κ2) is 9.80. The fourth-order valence-electron chi connectivity index (χ4n) is 2.86. The van der Waals surface area contributed by atoms with Crippen molar-refractivity contribution in [3.8, 4) is 11.5 Å². The number of hydrogen-bond acceptors (Lipinski definition) is 6. The summed E-state index contributed by atoms with van der Waals surface area (Å²) in [5.74, 6) is -0.486. The molecule has 0 radical (unpaired) electrons. The number of rotatable bonds is 7. The number of ether oxygens (including phenoxy) is 3. The zero-order valence-electron chi connectivity index (χ0n) is 15.9. The van der Waals surface area contributed by atoms with Crippen LogP contribution in [0.1, 0.15) is 49.9 Å². The minimum Gasteiger partial charge on any atom is -0.493 e. The van der Waals surface area contributed by atoms with Crippen molar-refractivity contribution >= 4 is 17.9 Å². The van der Waals surface area contributed by atoms with Crippen molar-refractivity contribution in [2.45, 2.75) is 51.7 Å². The van der Waals surface area contributed by atoms with Crippen molar-refractivity contribution < 1.29 is 28.6 Å². The molecule has 1 aliphatic rings. The molecule has 0 bridgehead atoms. The van der Waals surface area contributed by atoms with Gasteiger partial charge in [-0.3, -0.25) is 10.1 Å². The molecule has 0 aromatic heterocycles. The van der Waals surface area contributed by atoms with Crippen LogP contribution in [0.4, 0.5) is 4.79 Å². The second-order valence-corrected chi connectivity index (χ2v) is 6.29. The average Bonchev–Trinajstić information content (AvgIpc) is 3.14. The van der Waals surface area contributed by atoms with Gasteiger partial charge in [-0.2, -0.15) is 0 Å². The van der Waals surface area contributed by atoms with Crippen LogP contribution in [0.25, 0.3) is 0 Å². The first kappa shape index (κ1) is 20.5. The largest absolute Gasteiger partial charge is 0.493 e. The molecule has 1 saturated carbocycles. The Morgan fingerprint density at radius 1 is 1.19 bits per heavy atom. The average molecular weight is 378 g/mol. The Hall–Kier alpha value is -2.77. The van der Waals surface area contributed by atoms with E-state index in [1.807, 2.05) is 6.92 Å². The topological polar surface area (TPSA) is 103 Å². The van der Waals surface area contributed by atoms with Crippen LogP contribution in [-0.4, -0.2) is 43.8 Å². The Morgan fingerprint density at radius 2 is 1.89 bits per heavy atom. The maximum absolute atomic E-state index is 12.3. The van der Waals surface area contributed by atoms with Crippen LogP contribution < -0.4 is 20.1 Å². The quantitative estimate of drug-likeness (QED) is 0.706. The number of esters is 1. The van der Waals surface area contributed by atoms with E-state index in [1.165, 1.54) is 26.2 Å². The van der Waals surface area contributed by atoms with Gasteiger partial charge >= 0.3 is 12.0 Å². The third-order valence-corrected chi connectivity index (χ3v) is 4.28. The maximum atomic E-state index is 12.3. The molecular formula is C19H26N2O6. The van der Waals surface area contributed by atoms with E-state index < -0.39 is 24.0 Å². The number of imide groups is 1. The summed E-state index contributed by atoms with van der Waals surface area (Å²) in [7, 11) is 1.50. The van der Waals surface area contributed by atoms with Crippen LogP contribution in [-0.2, 0) is 9.53 Å². The van der Waals surface area contributed by atoms with Gasteiger partial charge in [0, 0.05) is 6.04 Å². The summed E-state index contributed by atoms with van der Waals surface area (Å²) in [6.07, 6.45) is 2.83. The first-order valence-electron chi connectivity index (χ1n) is 9.07. The molecule has 0 heterocycles. The van der Waals surface area contributed by atoms with Crippen molar-refractivity contribution in [1.29, 1.82) is 0 Å². The van der Waals surface area contributed by atoms with Crippen molar-refractivity contribution in [3.63, 3.8) is 0 Å². The van der Waals surface area contributed by atoms with E-state index in [0.29, 0.717) is 18.1 Å². The zero-order chi connectivity index (χ0) is 19.8. The van der Waals surface area contributed by atoms with E-state index in [0.717, 1.165) is 25.7 Å². The molecule has 0 saturated heterocycles. The third kappa shape index (κ3) is 5.87. The summed E-state index contributed by atoms with van der Waals surface area (Å²) in [4.78, 5) is 36.2. The van der Waals surface area contributed by atoms with E-state index in [2.05, 4.69) is 10.6 Å². The Balaban J connectivity index is 1.90. The van der Waals surface area contributed by atoms with Gasteiger partial charge in [-0.1, -0.05) is 12.8 Å². The minimum atomic E-state index is -1.12. The van der Waals surface area contributed by atoms with Crippen LogP contribution in [0, 0.1) is 0 Å². The number of amides is 3. The smallest absolute Gasteiger partial charge is 0.339 e. The monoisotopic (exact) mass is 378 g/mol. The molecule has 0 unspecified atom stereocenters. The van der Waals surface area contributed by atoms with Crippen molar-refractivity contribution in [2.75, 3.05) is 13.7 Å². The summed E-state index contributed by atoms with van der Waals surface area (Å²) in [6, 6.07) is 4.11. The number of carbonyl (C=O) groups excluding carboxylic acids is 3. The molecule has 148 valence electrons. The highest BCUT2D eigenvalue weighted by molar-refractivity contribution is 5.98. The third-order valence-electron chi connectivity index (χ3n) is 4.28. The normalized spacial score (nSPS) is 14.9. The van der Waals surface area contributed by atoms with Gasteiger partial charge < -0.3 is 19.5 Å². The van der Waals surface area contributed by atoms with Crippen LogP contribution in [0.2, 0.25) is 0 Å². The van der Waals surface area contributed by atoms with Crippen LogP contribution in [0.3, 0.4) is 0 Å². The van der Waals surface area contributed by atoms with E-state index in [-0.39, 0.29) is 11.6 Å². The predicted molar refractivity (Wildman–Crippen MR) is 98.0 cm³/mol. The fourth-order valence-corrected chi connectivity index (χ4v) is 2.86. The molecule has 8 nitrogen and oxygen atoms in total. The molecular weight excluding hydrogens is 352 g/mol. The summed E-state index contributed by atoms with van der Waals surface area (Å²) in [5, 5.41) is 4.94. The van der Waals surface area contributed by atoms with Gasteiger partial charge in [0.2, 0.25) is 0 Å².